The highest BCUT2D eigenvalue weighted by Gasteiger charge is 2.36. The van der Waals surface area contributed by atoms with Crippen LogP contribution in [0.5, 0.6) is 0 Å². The van der Waals surface area contributed by atoms with Crippen molar-refractivity contribution in [1.82, 2.24) is 15.5 Å². The molecule has 0 amide bonds. The lowest BCUT2D eigenvalue weighted by Crippen LogP contribution is -2.57. The first-order valence-corrected chi connectivity index (χ1v) is 7.59. The van der Waals surface area contributed by atoms with Crippen molar-refractivity contribution in [3.05, 3.63) is 24.3 Å². The van der Waals surface area contributed by atoms with Gasteiger partial charge in [0.15, 0.2) is 0 Å². The molecule has 2 N–H and O–H groups in total. The third-order valence-electron chi connectivity index (χ3n) is 3.83. The lowest BCUT2D eigenvalue weighted by molar-refractivity contribution is -0.120. The first-order valence-electron chi connectivity index (χ1n) is 7.59. The molecule has 0 aromatic heterocycles. The van der Waals surface area contributed by atoms with Gasteiger partial charge in [-0.1, -0.05) is 24.3 Å². The Morgan fingerprint density at radius 2 is 2.00 bits per heavy atom. The minimum Gasteiger partial charge on any atom is -0.317 e. The molecule has 1 aliphatic heterocycles. The second kappa shape index (κ2) is 10.3. The molecule has 0 aromatic carbocycles. The number of piperidine rings is 1. The van der Waals surface area contributed by atoms with Crippen molar-refractivity contribution in [3.8, 4) is 12.3 Å². The highest BCUT2D eigenvalue weighted by Crippen LogP contribution is 2.23. The van der Waals surface area contributed by atoms with Crippen LogP contribution in [0.3, 0.4) is 0 Å². The van der Waals surface area contributed by atoms with Crippen LogP contribution in [0.25, 0.3) is 0 Å². The summed E-state index contributed by atoms with van der Waals surface area (Å²) in [5, 5.41) is 6.49. The smallest absolute Gasteiger partial charge is 0.140 e. The number of rotatable bonds is 9. The molecule has 1 aliphatic rings. The van der Waals surface area contributed by atoms with E-state index in [0.717, 1.165) is 51.9 Å². The van der Waals surface area contributed by atoms with E-state index in [9.17, 15) is 4.79 Å². The van der Waals surface area contributed by atoms with Gasteiger partial charge in [0.05, 0.1) is 5.54 Å². The van der Waals surface area contributed by atoms with E-state index in [-0.39, 0.29) is 5.54 Å². The summed E-state index contributed by atoms with van der Waals surface area (Å²) in [5.74, 6) is 2.58. The summed E-state index contributed by atoms with van der Waals surface area (Å²) in [5.41, 5.74) is -0.335. The Bertz CT molecular complexity index is 389. The second-order valence-electron chi connectivity index (χ2n) is 5.29. The molecule has 21 heavy (non-hydrogen) atoms. The number of hydrogen-bond acceptors (Lipinski definition) is 4. The van der Waals surface area contributed by atoms with Crippen molar-refractivity contribution >= 4 is 6.29 Å². The fourth-order valence-corrected chi connectivity index (χ4v) is 2.59. The Morgan fingerprint density at radius 1 is 1.29 bits per heavy atom. The van der Waals surface area contributed by atoms with E-state index in [2.05, 4.69) is 39.7 Å². The van der Waals surface area contributed by atoms with Crippen LogP contribution in [0.4, 0.5) is 0 Å². The van der Waals surface area contributed by atoms with Crippen molar-refractivity contribution in [2.24, 2.45) is 0 Å². The Hall–Kier alpha value is -1.41. The quantitative estimate of drug-likeness (QED) is 0.291. The summed E-state index contributed by atoms with van der Waals surface area (Å²) in [7, 11) is 1.92. The third-order valence-corrected chi connectivity index (χ3v) is 3.83. The zero-order chi connectivity index (χ0) is 15.4. The highest BCUT2D eigenvalue weighted by atomic mass is 16.1. The molecule has 1 fully saturated rings. The molecule has 1 saturated heterocycles. The van der Waals surface area contributed by atoms with Gasteiger partial charge in [-0.25, -0.2) is 0 Å². The van der Waals surface area contributed by atoms with Gasteiger partial charge >= 0.3 is 0 Å². The maximum Gasteiger partial charge on any atom is 0.140 e. The zero-order valence-electron chi connectivity index (χ0n) is 13.0. The number of nitrogens with one attached hydrogen (secondary N) is 2. The Balaban J connectivity index is 2.54. The number of aldehydes is 1. The van der Waals surface area contributed by atoms with E-state index in [0.29, 0.717) is 6.42 Å². The maximum atomic E-state index is 11.7. The van der Waals surface area contributed by atoms with Crippen LogP contribution < -0.4 is 10.6 Å². The molecule has 1 heterocycles. The predicted octanol–water partition coefficient (Wildman–Crippen LogP) is 1.31. The molecule has 0 radical (unpaired) electrons. The van der Waals surface area contributed by atoms with Gasteiger partial charge in [-0.2, -0.15) is 0 Å². The molecule has 0 bridgehead atoms. The monoisotopic (exact) mass is 289 g/mol. The van der Waals surface area contributed by atoms with E-state index in [1.807, 2.05) is 13.1 Å². The van der Waals surface area contributed by atoms with Crippen LogP contribution in [-0.4, -0.2) is 50.1 Å². The van der Waals surface area contributed by atoms with E-state index >= 15 is 0 Å². The fourth-order valence-electron chi connectivity index (χ4n) is 2.59. The standard InChI is InChI=1S/C17H27N3O/c1-3-4-5-6-7-8-9-14-20(16-18-2)17(15-21)10-12-19-13-11-17/h1,5-6,8-9,15,18-19H,4,7,10-14,16H2,2H3/b6-5-,9-8-. The minimum atomic E-state index is -0.335. The van der Waals surface area contributed by atoms with Gasteiger partial charge in [-0.05, 0) is 39.4 Å². The van der Waals surface area contributed by atoms with E-state index in [1.54, 1.807) is 0 Å². The summed E-state index contributed by atoms with van der Waals surface area (Å²) in [4.78, 5) is 13.9. The van der Waals surface area contributed by atoms with Gasteiger partial charge in [0.1, 0.15) is 6.29 Å². The van der Waals surface area contributed by atoms with Gasteiger partial charge in [0, 0.05) is 19.6 Å². The number of terminal acetylenes is 1. The number of carbonyl (C=O) groups is 1. The molecule has 0 saturated carbocycles. The lowest BCUT2D eigenvalue weighted by atomic mass is 9.88. The normalized spacial score (nSPS) is 18.3. The number of allylic oxidation sites excluding steroid dienone is 3. The number of carbonyl (C=O) groups excluding carboxylic acids is 1. The molecule has 1 rings (SSSR count). The molecule has 4 heteroatoms. The van der Waals surface area contributed by atoms with Gasteiger partial charge in [0.2, 0.25) is 0 Å². The van der Waals surface area contributed by atoms with Crippen LogP contribution >= 0.6 is 0 Å². The third kappa shape index (κ3) is 5.84. The van der Waals surface area contributed by atoms with Crippen LogP contribution in [0, 0.1) is 12.3 Å². The molecule has 0 aromatic rings. The van der Waals surface area contributed by atoms with Crippen LogP contribution in [0.2, 0.25) is 0 Å². The van der Waals surface area contributed by atoms with Crippen molar-refractivity contribution in [2.75, 3.05) is 33.4 Å². The zero-order valence-corrected chi connectivity index (χ0v) is 13.0. The molecule has 0 aliphatic carbocycles. The van der Waals surface area contributed by atoms with Crippen LogP contribution in [-0.2, 0) is 4.79 Å². The summed E-state index contributed by atoms with van der Waals surface area (Å²) in [6.45, 7) is 3.30. The Morgan fingerprint density at radius 3 is 2.62 bits per heavy atom. The summed E-state index contributed by atoms with van der Waals surface area (Å²) < 4.78 is 0. The first-order chi connectivity index (χ1) is 10.3. The average Bonchev–Trinajstić information content (AvgIpc) is 2.53. The van der Waals surface area contributed by atoms with E-state index in [4.69, 9.17) is 6.42 Å². The van der Waals surface area contributed by atoms with Gasteiger partial charge in [-0.3, -0.25) is 4.90 Å². The summed E-state index contributed by atoms with van der Waals surface area (Å²) >= 11 is 0. The highest BCUT2D eigenvalue weighted by molar-refractivity contribution is 5.64. The number of nitrogens with zero attached hydrogens (tertiary/aromatic N) is 1. The molecular formula is C17H27N3O. The molecule has 0 spiro atoms. The molecule has 116 valence electrons. The molecule has 0 atom stereocenters. The summed E-state index contributed by atoms with van der Waals surface area (Å²) in [6.07, 6.45) is 17.9. The molecular weight excluding hydrogens is 262 g/mol. The predicted molar refractivity (Wildman–Crippen MR) is 87.9 cm³/mol. The average molecular weight is 289 g/mol. The SMILES string of the molecule is C#CC/C=C\C/C=C\CN(CNC)C1(C=O)CCNCC1. The molecule has 4 nitrogen and oxygen atoms in total. The topological polar surface area (TPSA) is 44.4 Å². The largest absolute Gasteiger partial charge is 0.317 e. The Kier molecular flexibility index (Phi) is 8.68. The Labute approximate surface area is 128 Å². The first kappa shape index (κ1) is 17.6. The second-order valence-corrected chi connectivity index (χ2v) is 5.29. The van der Waals surface area contributed by atoms with Crippen LogP contribution in [0.15, 0.2) is 24.3 Å². The van der Waals surface area contributed by atoms with Crippen molar-refractivity contribution in [3.63, 3.8) is 0 Å². The van der Waals surface area contributed by atoms with Crippen LogP contribution in [0.1, 0.15) is 25.7 Å². The van der Waals surface area contributed by atoms with Crippen molar-refractivity contribution < 1.29 is 4.79 Å². The van der Waals surface area contributed by atoms with E-state index in [1.165, 1.54) is 0 Å². The van der Waals surface area contributed by atoms with Gasteiger partial charge in [0.25, 0.3) is 0 Å². The van der Waals surface area contributed by atoms with Crippen molar-refractivity contribution in [2.45, 2.75) is 31.2 Å². The lowest BCUT2D eigenvalue weighted by Gasteiger charge is -2.42. The van der Waals surface area contributed by atoms with Crippen molar-refractivity contribution in [1.29, 1.82) is 0 Å². The number of hydrogen-bond donors (Lipinski definition) is 2. The maximum absolute atomic E-state index is 11.7. The minimum absolute atomic E-state index is 0.335. The molecule has 0 unspecified atom stereocenters. The van der Waals surface area contributed by atoms with E-state index < -0.39 is 0 Å². The van der Waals surface area contributed by atoms with Gasteiger partial charge < -0.3 is 15.4 Å². The fraction of sp³-hybridized carbons (Fsp3) is 0.588. The summed E-state index contributed by atoms with van der Waals surface area (Å²) in [6, 6.07) is 0. The van der Waals surface area contributed by atoms with Gasteiger partial charge in [-0.15, -0.1) is 12.3 Å².